The molecule has 20 heavy (non-hydrogen) atoms. The first-order chi connectivity index (χ1) is 9.66. The molecule has 1 aromatic rings. The van der Waals surface area contributed by atoms with Crippen LogP contribution in [0.3, 0.4) is 0 Å². The number of hydrogen-bond acceptors (Lipinski definition) is 3. The van der Waals surface area contributed by atoms with E-state index < -0.39 is 17.7 Å². The third-order valence-corrected chi connectivity index (χ3v) is 4.20. The summed E-state index contributed by atoms with van der Waals surface area (Å²) < 4.78 is 26.8. The van der Waals surface area contributed by atoms with E-state index in [2.05, 4.69) is 9.88 Å². The summed E-state index contributed by atoms with van der Waals surface area (Å²) >= 11 is 0. The minimum absolute atomic E-state index is 0.221. The van der Waals surface area contributed by atoms with Gasteiger partial charge in [0.2, 0.25) is 5.95 Å². The predicted octanol–water partition coefficient (Wildman–Crippen LogP) is 1.67. The smallest absolute Gasteiger partial charge is 0.257 e. The Morgan fingerprint density at radius 3 is 2.95 bits per heavy atom. The number of carbonyl (C=O) groups excluding carboxylic acids is 1. The molecule has 1 aromatic heterocycles. The highest BCUT2D eigenvalue weighted by Crippen LogP contribution is 2.22. The van der Waals surface area contributed by atoms with Gasteiger partial charge in [-0.05, 0) is 25.5 Å². The Morgan fingerprint density at radius 2 is 2.10 bits per heavy atom. The van der Waals surface area contributed by atoms with Gasteiger partial charge in [0.1, 0.15) is 0 Å². The van der Waals surface area contributed by atoms with Crippen LogP contribution in [-0.4, -0.2) is 52.9 Å². The summed E-state index contributed by atoms with van der Waals surface area (Å²) in [7, 11) is 0. The lowest BCUT2D eigenvalue weighted by Crippen LogP contribution is -2.56. The van der Waals surface area contributed by atoms with E-state index in [1.54, 1.807) is 4.90 Å². The second kappa shape index (κ2) is 5.44. The minimum atomic E-state index is -1.22. The van der Waals surface area contributed by atoms with Crippen LogP contribution in [0.2, 0.25) is 0 Å². The molecule has 1 amide bonds. The molecule has 0 N–H and O–H groups in total. The van der Waals surface area contributed by atoms with Crippen LogP contribution in [0.1, 0.15) is 29.6 Å². The highest BCUT2D eigenvalue weighted by Gasteiger charge is 2.32. The van der Waals surface area contributed by atoms with Crippen molar-refractivity contribution in [3.8, 4) is 0 Å². The van der Waals surface area contributed by atoms with Gasteiger partial charge in [-0.3, -0.25) is 9.69 Å². The van der Waals surface area contributed by atoms with E-state index in [1.807, 2.05) is 0 Å². The summed E-state index contributed by atoms with van der Waals surface area (Å²) in [6.07, 6.45) is 4.57. The number of nitrogens with zero attached hydrogens (tertiary/aromatic N) is 3. The van der Waals surface area contributed by atoms with Gasteiger partial charge in [0.15, 0.2) is 5.82 Å². The number of fused-ring (bicyclic) bond motifs is 1. The molecule has 0 aliphatic carbocycles. The van der Waals surface area contributed by atoms with E-state index in [9.17, 15) is 13.6 Å². The molecule has 1 atom stereocenters. The zero-order chi connectivity index (χ0) is 14.1. The molecule has 2 saturated heterocycles. The van der Waals surface area contributed by atoms with Gasteiger partial charge in [0.05, 0.1) is 5.56 Å². The van der Waals surface area contributed by atoms with Crippen molar-refractivity contribution in [1.29, 1.82) is 0 Å². The maximum Gasteiger partial charge on any atom is 0.257 e. The molecule has 3 rings (SSSR count). The fraction of sp³-hybridized carbons (Fsp3) is 0.571. The quantitative estimate of drug-likeness (QED) is 0.735. The predicted molar refractivity (Wildman–Crippen MR) is 69.3 cm³/mol. The molecule has 0 radical (unpaired) electrons. The van der Waals surface area contributed by atoms with Crippen molar-refractivity contribution < 1.29 is 13.6 Å². The molecule has 2 fully saturated rings. The molecule has 1 unspecified atom stereocenters. The van der Waals surface area contributed by atoms with Crippen LogP contribution in [-0.2, 0) is 0 Å². The molecule has 6 heteroatoms. The fourth-order valence-electron chi connectivity index (χ4n) is 3.09. The molecule has 3 heterocycles. The third kappa shape index (κ3) is 2.40. The van der Waals surface area contributed by atoms with Crippen molar-refractivity contribution in [2.75, 3.05) is 26.2 Å². The number of aromatic nitrogens is 1. The van der Waals surface area contributed by atoms with Crippen molar-refractivity contribution in [2.45, 2.75) is 25.3 Å². The summed E-state index contributed by atoms with van der Waals surface area (Å²) in [5, 5.41) is 0. The number of halogens is 2. The maximum absolute atomic E-state index is 13.6. The molecular formula is C14H17F2N3O. The van der Waals surface area contributed by atoms with Gasteiger partial charge in [0.25, 0.3) is 5.91 Å². The van der Waals surface area contributed by atoms with Gasteiger partial charge >= 0.3 is 0 Å². The lowest BCUT2D eigenvalue weighted by atomic mass is 9.99. The molecule has 108 valence electrons. The molecule has 2 aliphatic rings. The molecule has 2 aliphatic heterocycles. The van der Waals surface area contributed by atoms with Crippen LogP contribution < -0.4 is 0 Å². The fourth-order valence-corrected chi connectivity index (χ4v) is 3.09. The van der Waals surface area contributed by atoms with E-state index >= 15 is 0 Å². The van der Waals surface area contributed by atoms with Gasteiger partial charge in [-0.15, -0.1) is 0 Å². The maximum atomic E-state index is 13.6. The standard InChI is InChI=1S/C14H17F2N3O/c15-12-11(4-5-17-13(12)16)14(20)19-8-7-18-6-2-1-3-10(18)9-19/h4-5,10H,1-3,6-9H2. The Morgan fingerprint density at radius 1 is 1.25 bits per heavy atom. The molecule has 0 saturated carbocycles. The second-order valence-corrected chi connectivity index (χ2v) is 5.40. The Labute approximate surface area is 116 Å². The average molecular weight is 281 g/mol. The molecular weight excluding hydrogens is 264 g/mol. The highest BCUT2D eigenvalue weighted by molar-refractivity contribution is 5.94. The van der Waals surface area contributed by atoms with E-state index in [-0.39, 0.29) is 5.56 Å². The molecule has 4 nitrogen and oxygen atoms in total. The van der Waals surface area contributed by atoms with E-state index in [0.29, 0.717) is 19.1 Å². The van der Waals surface area contributed by atoms with Gasteiger partial charge in [-0.25, -0.2) is 9.37 Å². The van der Waals surface area contributed by atoms with E-state index in [0.717, 1.165) is 25.7 Å². The van der Waals surface area contributed by atoms with E-state index in [4.69, 9.17) is 0 Å². The Bertz CT molecular complexity index is 523. The number of amides is 1. The summed E-state index contributed by atoms with van der Waals surface area (Å²) in [6, 6.07) is 1.60. The van der Waals surface area contributed by atoms with Crippen LogP contribution in [0, 0.1) is 11.8 Å². The topological polar surface area (TPSA) is 36.4 Å². The molecule has 0 bridgehead atoms. The molecule has 0 aromatic carbocycles. The van der Waals surface area contributed by atoms with Crippen molar-refractivity contribution >= 4 is 5.91 Å². The number of rotatable bonds is 1. The summed E-state index contributed by atoms with van der Waals surface area (Å²) in [5.74, 6) is -2.80. The lowest BCUT2D eigenvalue weighted by molar-refractivity contribution is 0.0368. The highest BCUT2D eigenvalue weighted by atomic mass is 19.2. The Balaban J connectivity index is 1.76. The minimum Gasteiger partial charge on any atom is -0.336 e. The monoisotopic (exact) mass is 281 g/mol. The average Bonchev–Trinajstić information content (AvgIpc) is 2.49. The van der Waals surface area contributed by atoms with Crippen LogP contribution in [0.25, 0.3) is 0 Å². The van der Waals surface area contributed by atoms with Gasteiger partial charge in [-0.2, -0.15) is 4.39 Å². The number of carbonyl (C=O) groups is 1. The third-order valence-electron chi connectivity index (χ3n) is 4.20. The van der Waals surface area contributed by atoms with Crippen LogP contribution in [0.4, 0.5) is 8.78 Å². The van der Waals surface area contributed by atoms with Crippen molar-refractivity contribution in [3.63, 3.8) is 0 Å². The van der Waals surface area contributed by atoms with E-state index in [1.165, 1.54) is 18.9 Å². The first-order valence-electron chi connectivity index (χ1n) is 7.00. The first-order valence-corrected chi connectivity index (χ1v) is 7.00. The Hall–Kier alpha value is -1.56. The number of piperazine rings is 1. The van der Waals surface area contributed by atoms with Crippen LogP contribution in [0.5, 0.6) is 0 Å². The number of pyridine rings is 1. The number of piperidine rings is 1. The van der Waals surface area contributed by atoms with Crippen molar-refractivity contribution in [3.05, 3.63) is 29.6 Å². The largest absolute Gasteiger partial charge is 0.336 e. The van der Waals surface area contributed by atoms with Crippen molar-refractivity contribution in [1.82, 2.24) is 14.8 Å². The normalized spacial score (nSPS) is 23.5. The SMILES string of the molecule is O=C(c1ccnc(F)c1F)N1CCN2CCCCC2C1. The first kappa shape index (κ1) is 13.4. The van der Waals surface area contributed by atoms with Crippen LogP contribution >= 0.6 is 0 Å². The van der Waals surface area contributed by atoms with Gasteiger partial charge < -0.3 is 4.90 Å². The van der Waals surface area contributed by atoms with Crippen LogP contribution in [0.15, 0.2) is 12.3 Å². The lowest BCUT2D eigenvalue weighted by Gasteiger charge is -2.44. The van der Waals surface area contributed by atoms with Gasteiger partial charge in [-0.1, -0.05) is 6.42 Å². The molecule has 0 spiro atoms. The zero-order valence-electron chi connectivity index (χ0n) is 11.2. The second-order valence-electron chi connectivity index (χ2n) is 5.40. The zero-order valence-corrected chi connectivity index (χ0v) is 11.2. The summed E-state index contributed by atoms with van der Waals surface area (Å²) in [4.78, 5) is 19.5. The Kier molecular flexibility index (Phi) is 3.65. The van der Waals surface area contributed by atoms with Crippen molar-refractivity contribution in [2.24, 2.45) is 0 Å². The number of hydrogen-bond donors (Lipinski definition) is 0. The van der Waals surface area contributed by atoms with Gasteiger partial charge in [0, 0.05) is 31.9 Å². The summed E-state index contributed by atoms with van der Waals surface area (Å²) in [6.45, 7) is 3.05. The summed E-state index contributed by atoms with van der Waals surface area (Å²) in [5.41, 5.74) is -0.221.